The summed E-state index contributed by atoms with van der Waals surface area (Å²) in [4.78, 5) is 5.45. The maximum absolute atomic E-state index is 3.44. The van der Waals surface area contributed by atoms with E-state index in [1.807, 2.05) is 0 Å². The van der Waals surface area contributed by atoms with Gasteiger partial charge in [0.25, 0.3) is 0 Å². The second-order valence-corrected chi connectivity index (χ2v) is 6.32. The van der Waals surface area contributed by atoms with Gasteiger partial charge < -0.3 is 5.32 Å². The highest BCUT2D eigenvalue weighted by Gasteiger charge is 2.37. The van der Waals surface area contributed by atoms with Crippen molar-refractivity contribution in [3.8, 4) is 0 Å². The van der Waals surface area contributed by atoms with Crippen LogP contribution in [0.3, 0.4) is 0 Å². The van der Waals surface area contributed by atoms with Crippen molar-refractivity contribution >= 4 is 0 Å². The number of piperazine rings is 1. The largest absolute Gasteiger partial charge is 0.314 e. The van der Waals surface area contributed by atoms with Gasteiger partial charge in [0, 0.05) is 51.4 Å². The van der Waals surface area contributed by atoms with Gasteiger partial charge in [-0.05, 0) is 18.8 Å². The standard InChI is InChI=1S/C14H27N3/c1-12-3-2-4-13(9-12)17-10-14(11-17)16-7-5-15-6-8-16/h12-15H,2-11H2,1H3. The highest BCUT2D eigenvalue weighted by Crippen LogP contribution is 2.30. The minimum atomic E-state index is 0.870. The molecule has 3 fully saturated rings. The van der Waals surface area contributed by atoms with Gasteiger partial charge in [0.05, 0.1) is 0 Å². The molecule has 3 aliphatic rings. The molecule has 2 heterocycles. The van der Waals surface area contributed by atoms with Crippen molar-refractivity contribution < 1.29 is 0 Å². The highest BCUT2D eigenvalue weighted by atomic mass is 15.3. The molecule has 0 aromatic rings. The Morgan fingerprint density at radius 2 is 1.71 bits per heavy atom. The monoisotopic (exact) mass is 237 g/mol. The zero-order valence-corrected chi connectivity index (χ0v) is 11.2. The van der Waals surface area contributed by atoms with E-state index in [-0.39, 0.29) is 0 Å². The van der Waals surface area contributed by atoms with Crippen LogP contribution in [0.1, 0.15) is 32.6 Å². The van der Waals surface area contributed by atoms with Gasteiger partial charge in [0.1, 0.15) is 0 Å². The molecule has 17 heavy (non-hydrogen) atoms. The van der Waals surface area contributed by atoms with Gasteiger partial charge in [-0.1, -0.05) is 19.8 Å². The van der Waals surface area contributed by atoms with E-state index in [2.05, 4.69) is 22.0 Å². The van der Waals surface area contributed by atoms with E-state index in [0.717, 1.165) is 18.0 Å². The molecule has 98 valence electrons. The molecule has 0 aromatic carbocycles. The minimum absolute atomic E-state index is 0.870. The quantitative estimate of drug-likeness (QED) is 0.777. The van der Waals surface area contributed by atoms with Crippen molar-refractivity contribution in [2.24, 2.45) is 5.92 Å². The molecule has 1 N–H and O–H groups in total. The number of nitrogens with one attached hydrogen (secondary N) is 1. The Labute approximate surface area is 106 Å². The molecule has 3 heteroatoms. The molecule has 2 atom stereocenters. The predicted octanol–water partition coefficient (Wildman–Crippen LogP) is 1.15. The molecule has 2 unspecified atom stereocenters. The fraction of sp³-hybridized carbons (Fsp3) is 1.00. The van der Waals surface area contributed by atoms with Crippen molar-refractivity contribution in [1.82, 2.24) is 15.1 Å². The Bertz CT molecular complexity index is 244. The molecule has 1 saturated carbocycles. The summed E-state index contributed by atoms with van der Waals surface area (Å²) in [7, 11) is 0. The van der Waals surface area contributed by atoms with Gasteiger partial charge in [-0.2, -0.15) is 0 Å². The van der Waals surface area contributed by atoms with Crippen LogP contribution >= 0.6 is 0 Å². The smallest absolute Gasteiger partial charge is 0.0351 e. The van der Waals surface area contributed by atoms with Crippen molar-refractivity contribution in [3.63, 3.8) is 0 Å². The van der Waals surface area contributed by atoms with E-state index < -0.39 is 0 Å². The van der Waals surface area contributed by atoms with Crippen LogP contribution in [0, 0.1) is 5.92 Å². The summed E-state index contributed by atoms with van der Waals surface area (Å²) in [6, 6.07) is 1.78. The summed E-state index contributed by atoms with van der Waals surface area (Å²) in [6.45, 7) is 10.0. The second-order valence-electron chi connectivity index (χ2n) is 6.32. The molecule has 2 aliphatic heterocycles. The van der Waals surface area contributed by atoms with Crippen LogP contribution in [0.4, 0.5) is 0 Å². The Hall–Kier alpha value is -0.120. The number of likely N-dealkylation sites (tertiary alicyclic amines) is 1. The van der Waals surface area contributed by atoms with Crippen molar-refractivity contribution in [1.29, 1.82) is 0 Å². The lowest BCUT2D eigenvalue weighted by Crippen LogP contribution is -2.65. The molecule has 1 aliphatic carbocycles. The van der Waals surface area contributed by atoms with Crippen LogP contribution < -0.4 is 5.32 Å². The fourth-order valence-electron chi connectivity index (χ4n) is 3.80. The molecule has 0 amide bonds. The minimum Gasteiger partial charge on any atom is -0.314 e. The van der Waals surface area contributed by atoms with Gasteiger partial charge >= 0.3 is 0 Å². The zero-order chi connectivity index (χ0) is 11.7. The average Bonchev–Trinajstić information content (AvgIpc) is 2.28. The molecule has 0 aromatic heterocycles. The molecule has 2 saturated heterocycles. The van der Waals surface area contributed by atoms with Gasteiger partial charge in [-0.15, -0.1) is 0 Å². The van der Waals surface area contributed by atoms with Crippen LogP contribution in [0.15, 0.2) is 0 Å². The average molecular weight is 237 g/mol. The summed E-state index contributed by atoms with van der Waals surface area (Å²) in [5.41, 5.74) is 0. The first-order valence-corrected chi connectivity index (χ1v) is 7.52. The highest BCUT2D eigenvalue weighted by molar-refractivity contribution is 4.94. The molecule has 0 radical (unpaired) electrons. The topological polar surface area (TPSA) is 18.5 Å². The van der Waals surface area contributed by atoms with E-state index in [1.54, 1.807) is 0 Å². The van der Waals surface area contributed by atoms with Crippen molar-refractivity contribution in [2.45, 2.75) is 44.7 Å². The lowest BCUT2D eigenvalue weighted by atomic mass is 9.84. The third-order valence-electron chi connectivity index (χ3n) is 4.98. The Morgan fingerprint density at radius 1 is 0.941 bits per heavy atom. The lowest BCUT2D eigenvalue weighted by Gasteiger charge is -2.51. The number of rotatable bonds is 2. The number of hydrogen-bond donors (Lipinski definition) is 1. The number of hydrogen-bond acceptors (Lipinski definition) is 3. The summed E-state index contributed by atoms with van der Waals surface area (Å²) in [5.74, 6) is 0.965. The molecular weight excluding hydrogens is 210 g/mol. The molecular formula is C14H27N3. The van der Waals surface area contributed by atoms with Gasteiger partial charge in [0.15, 0.2) is 0 Å². The van der Waals surface area contributed by atoms with Crippen molar-refractivity contribution in [3.05, 3.63) is 0 Å². The lowest BCUT2D eigenvalue weighted by molar-refractivity contribution is -0.0152. The van der Waals surface area contributed by atoms with Crippen LogP contribution in [-0.4, -0.2) is 61.2 Å². The molecule has 3 nitrogen and oxygen atoms in total. The summed E-state index contributed by atoms with van der Waals surface area (Å²) < 4.78 is 0. The first-order valence-electron chi connectivity index (χ1n) is 7.52. The first kappa shape index (κ1) is 11.9. The van der Waals surface area contributed by atoms with Crippen LogP contribution in [0.25, 0.3) is 0 Å². The maximum atomic E-state index is 3.44. The van der Waals surface area contributed by atoms with Crippen LogP contribution in [0.2, 0.25) is 0 Å². The van der Waals surface area contributed by atoms with E-state index >= 15 is 0 Å². The van der Waals surface area contributed by atoms with Gasteiger partial charge in [-0.25, -0.2) is 0 Å². The second kappa shape index (κ2) is 5.25. The Balaban J connectivity index is 1.44. The molecule has 0 bridgehead atoms. The van der Waals surface area contributed by atoms with E-state index in [9.17, 15) is 0 Å². The predicted molar refractivity (Wildman–Crippen MR) is 71.2 cm³/mol. The fourth-order valence-corrected chi connectivity index (χ4v) is 3.80. The molecule has 3 rings (SSSR count). The summed E-state index contributed by atoms with van der Waals surface area (Å²) in [5, 5.41) is 3.44. The Morgan fingerprint density at radius 3 is 2.41 bits per heavy atom. The number of nitrogens with zero attached hydrogens (tertiary/aromatic N) is 2. The molecule has 0 spiro atoms. The summed E-state index contributed by atoms with van der Waals surface area (Å²) in [6.07, 6.45) is 5.83. The van der Waals surface area contributed by atoms with E-state index in [4.69, 9.17) is 0 Å². The van der Waals surface area contributed by atoms with Crippen molar-refractivity contribution in [2.75, 3.05) is 39.3 Å². The van der Waals surface area contributed by atoms with E-state index in [0.29, 0.717) is 0 Å². The van der Waals surface area contributed by atoms with Gasteiger partial charge in [-0.3, -0.25) is 9.80 Å². The third-order valence-corrected chi connectivity index (χ3v) is 4.98. The van der Waals surface area contributed by atoms with Crippen LogP contribution in [-0.2, 0) is 0 Å². The SMILES string of the molecule is CC1CCCC(N2CC(N3CCNCC3)C2)C1. The normalized spacial score (nSPS) is 37.9. The van der Waals surface area contributed by atoms with Gasteiger partial charge in [0.2, 0.25) is 0 Å². The Kier molecular flexibility index (Phi) is 3.69. The van der Waals surface area contributed by atoms with Crippen LogP contribution in [0.5, 0.6) is 0 Å². The zero-order valence-electron chi connectivity index (χ0n) is 11.2. The summed E-state index contributed by atoms with van der Waals surface area (Å²) >= 11 is 0. The first-order chi connectivity index (χ1) is 8.33. The maximum Gasteiger partial charge on any atom is 0.0351 e. The third kappa shape index (κ3) is 2.67. The van der Waals surface area contributed by atoms with E-state index in [1.165, 1.54) is 65.0 Å².